The molecule has 2 saturated heterocycles. The van der Waals surface area contributed by atoms with Gasteiger partial charge in [-0.05, 0) is 63.3 Å². The minimum absolute atomic E-state index is 0. The number of piperidine rings is 1. The fraction of sp³-hybridized carbons (Fsp3) is 0.448. The molecule has 2 fully saturated rings. The Hall–Kier alpha value is -3.01. The van der Waals surface area contributed by atoms with Crippen molar-refractivity contribution >= 4 is 57.9 Å². The zero-order valence-corrected chi connectivity index (χ0v) is 27.3. The van der Waals surface area contributed by atoms with E-state index in [1.54, 1.807) is 0 Å². The first-order valence-electron chi connectivity index (χ1n) is 14.6. The van der Waals surface area contributed by atoms with Gasteiger partial charge in [0.15, 0.2) is 5.82 Å². The van der Waals surface area contributed by atoms with Gasteiger partial charge in [0.25, 0.3) is 5.91 Å². The van der Waals surface area contributed by atoms with Crippen LogP contribution in [0, 0.1) is 11.6 Å². The molecule has 0 radical (unpaired) electrons. The average molecular weight is 688 g/mol. The van der Waals surface area contributed by atoms with Crippen LogP contribution in [0.1, 0.15) is 34.5 Å². The quantitative estimate of drug-likeness (QED) is 0.298. The van der Waals surface area contributed by atoms with Crippen molar-refractivity contribution in [1.82, 2.24) is 24.7 Å². The lowest BCUT2D eigenvalue weighted by Gasteiger charge is -2.34. The first-order chi connectivity index (χ1) is 20.7. The van der Waals surface area contributed by atoms with E-state index in [4.69, 9.17) is 0 Å². The number of nitrogens with zero attached hydrogens (tertiary/aromatic N) is 4. The van der Waals surface area contributed by atoms with Crippen LogP contribution in [-0.2, 0) is 23.0 Å². The third-order valence-corrected chi connectivity index (χ3v) is 10.2. The Morgan fingerprint density at radius 2 is 1.67 bits per heavy atom. The van der Waals surface area contributed by atoms with Gasteiger partial charge in [0, 0.05) is 80.4 Å². The average Bonchev–Trinajstić information content (AvgIpc) is 3.39. The van der Waals surface area contributed by atoms with Crippen LogP contribution >= 0.6 is 24.8 Å². The highest BCUT2D eigenvalue weighted by molar-refractivity contribution is 7.89. The summed E-state index contributed by atoms with van der Waals surface area (Å²) in [7, 11) is -2.08. The summed E-state index contributed by atoms with van der Waals surface area (Å²) in [6.45, 7) is 5.52. The Morgan fingerprint density at radius 3 is 2.36 bits per heavy atom. The van der Waals surface area contributed by atoms with Crippen molar-refractivity contribution in [3.8, 4) is 0 Å². The lowest BCUT2D eigenvalue weighted by molar-refractivity contribution is 0.102. The van der Waals surface area contributed by atoms with Gasteiger partial charge in [0.1, 0.15) is 11.6 Å². The van der Waals surface area contributed by atoms with E-state index >= 15 is 0 Å². The zero-order valence-electron chi connectivity index (χ0n) is 24.8. The number of aromatic nitrogens is 2. The summed E-state index contributed by atoms with van der Waals surface area (Å²) in [5, 5.41) is 17.0. The van der Waals surface area contributed by atoms with Crippen LogP contribution in [0.4, 0.5) is 26.0 Å². The fourth-order valence-corrected chi connectivity index (χ4v) is 7.33. The highest BCUT2D eigenvalue weighted by Gasteiger charge is 2.32. The first-order valence-corrected chi connectivity index (χ1v) is 16.0. The molecule has 3 aliphatic heterocycles. The number of rotatable bonds is 7. The van der Waals surface area contributed by atoms with Gasteiger partial charge in [-0.3, -0.25) is 9.89 Å². The largest absolute Gasteiger partial charge is 0.382 e. The second-order valence-electron chi connectivity index (χ2n) is 11.4. The predicted octanol–water partition coefficient (Wildman–Crippen LogP) is 3.45. The molecule has 11 nitrogen and oxygen atoms in total. The summed E-state index contributed by atoms with van der Waals surface area (Å²) in [5.74, 6) is -2.09. The lowest BCUT2D eigenvalue weighted by atomic mass is 10.0. The molecule has 246 valence electrons. The molecule has 3 aliphatic rings. The van der Waals surface area contributed by atoms with Crippen molar-refractivity contribution in [2.75, 3.05) is 68.4 Å². The summed E-state index contributed by atoms with van der Waals surface area (Å²) in [6.07, 6.45) is 2.18. The maximum Gasteiger partial charge on any atom is 0.258 e. The monoisotopic (exact) mass is 686 g/mol. The number of H-pyrrole nitrogens is 1. The number of anilines is 3. The zero-order chi connectivity index (χ0) is 30.1. The van der Waals surface area contributed by atoms with Crippen LogP contribution in [0.15, 0.2) is 41.3 Å². The van der Waals surface area contributed by atoms with Crippen molar-refractivity contribution in [3.05, 3.63) is 64.9 Å². The van der Waals surface area contributed by atoms with E-state index in [2.05, 4.69) is 43.0 Å². The number of nitrogens with one attached hydrogen (secondary N) is 4. The summed E-state index contributed by atoms with van der Waals surface area (Å²) < 4.78 is 55.3. The highest BCUT2D eigenvalue weighted by atomic mass is 35.5. The minimum atomic E-state index is -4.19. The van der Waals surface area contributed by atoms with Crippen molar-refractivity contribution in [1.29, 1.82) is 0 Å². The summed E-state index contributed by atoms with van der Waals surface area (Å²) in [5.41, 5.74) is 3.46. The van der Waals surface area contributed by atoms with Gasteiger partial charge in [-0.1, -0.05) is 0 Å². The van der Waals surface area contributed by atoms with Gasteiger partial charge in [0.2, 0.25) is 10.0 Å². The number of carbonyl (C=O) groups excluding carboxylic acids is 1. The van der Waals surface area contributed by atoms with E-state index in [-0.39, 0.29) is 55.7 Å². The van der Waals surface area contributed by atoms with Crippen LogP contribution in [-0.4, -0.2) is 92.6 Å². The summed E-state index contributed by atoms with van der Waals surface area (Å²) in [4.78, 5) is 17.9. The standard InChI is InChI=1S/C29H36F2N8O3S.2ClH/c1-37-10-12-38(13-11-37)22-2-3-24(27(17-22)33-21-4-7-32-8-5-21)29(40)34-28-25-18-39(9-6-26(25)35-36-28)43(41,42)23-15-19(30)14-20(31)16-23;;/h2-3,14-17,21,32-33H,4-13,18H2,1H3,(H2,34,35,36,40);2*1H. The van der Waals surface area contributed by atoms with E-state index < -0.39 is 26.6 Å². The molecule has 0 spiro atoms. The van der Waals surface area contributed by atoms with Crippen molar-refractivity contribution in [2.45, 2.75) is 36.7 Å². The second-order valence-corrected chi connectivity index (χ2v) is 13.3. The number of sulfonamides is 1. The Kier molecular flexibility index (Phi) is 11.3. The summed E-state index contributed by atoms with van der Waals surface area (Å²) >= 11 is 0. The van der Waals surface area contributed by atoms with Gasteiger partial charge in [-0.25, -0.2) is 17.2 Å². The Labute approximate surface area is 274 Å². The summed E-state index contributed by atoms with van der Waals surface area (Å²) in [6, 6.07) is 8.27. The smallest absolute Gasteiger partial charge is 0.258 e. The molecule has 4 N–H and O–H groups in total. The lowest BCUT2D eigenvalue weighted by Crippen LogP contribution is -2.44. The minimum Gasteiger partial charge on any atom is -0.382 e. The van der Waals surface area contributed by atoms with Gasteiger partial charge in [0.05, 0.1) is 10.5 Å². The molecule has 2 aromatic carbocycles. The number of piperazine rings is 1. The van der Waals surface area contributed by atoms with Crippen LogP contribution in [0.25, 0.3) is 0 Å². The van der Waals surface area contributed by atoms with Gasteiger partial charge in [-0.15, -0.1) is 24.8 Å². The van der Waals surface area contributed by atoms with Crippen molar-refractivity contribution in [3.63, 3.8) is 0 Å². The predicted molar refractivity (Wildman–Crippen MR) is 174 cm³/mol. The SMILES string of the molecule is CN1CCN(c2ccc(C(=O)Nc3n[nH]c4c3CN(S(=O)(=O)c3cc(F)cc(F)c3)CC4)c(NC3CCNCC3)c2)CC1.Cl.Cl. The number of carbonyl (C=O) groups is 1. The van der Waals surface area contributed by atoms with Crippen LogP contribution in [0.2, 0.25) is 0 Å². The van der Waals surface area contributed by atoms with E-state index in [1.807, 2.05) is 18.2 Å². The molecule has 0 saturated carbocycles. The Morgan fingerprint density at radius 1 is 0.978 bits per heavy atom. The van der Waals surface area contributed by atoms with E-state index in [9.17, 15) is 22.0 Å². The Bertz CT molecular complexity index is 1590. The number of aromatic amines is 1. The highest BCUT2D eigenvalue weighted by Crippen LogP contribution is 2.31. The van der Waals surface area contributed by atoms with E-state index in [0.717, 1.165) is 79.9 Å². The molecule has 0 bridgehead atoms. The molecule has 0 atom stereocenters. The van der Waals surface area contributed by atoms with Gasteiger partial charge < -0.3 is 25.8 Å². The molecule has 45 heavy (non-hydrogen) atoms. The molecule has 3 aromatic rings. The molecule has 1 amide bonds. The fourth-order valence-electron chi connectivity index (χ4n) is 5.88. The number of benzene rings is 2. The van der Waals surface area contributed by atoms with Gasteiger partial charge in [-0.2, -0.15) is 9.40 Å². The molecular weight excluding hydrogens is 649 g/mol. The maximum absolute atomic E-state index is 13.8. The van der Waals surface area contributed by atoms with Crippen LogP contribution < -0.4 is 20.9 Å². The van der Waals surface area contributed by atoms with Gasteiger partial charge >= 0.3 is 0 Å². The maximum atomic E-state index is 13.8. The first kappa shape index (κ1) is 34.9. The topological polar surface area (TPSA) is 126 Å². The number of amides is 1. The molecule has 4 heterocycles. The van der Waals surface area contributed by atoms with E-state index in [1.165, 1.54) is 0 Å². The molecule has 16 heteroatoms. The molecule has 1 aromatic heterocycles. The molecular formula is C29H38Cl2F2N8O3S. The molecule has 0 unspecified atom stereocenters. The number of hydrogen-bond donors (Lipinski definition) is 4. The van der Waals surface area contributed by atoms with Crippen LogP contribution in [0.3, 0.4) is 0 Å². The molecule has 6 rings (SSSR count). The normalized spacial score (nSPS) is 18.0. The number of likely N-dealkylation sites (N-methyl/N-ethyl adjacent to an activating group) is 1. The second kappa shape index (κ2) is 14.6. The van der Waals surface area contributed by atoms with Crippen LogP contribution in [0.5, 0.6) is 0 Å². The number of halogens is 4. The van der Waals surface area contributed by atoms with Crippen molar-refractivity contribution in [2.24, 2.45) is 0 Å². The number of hydrogen-bond acceptors (Lipinski definition) is 8. The van der Waals surface area contributed by atoms with Crippen molar-refractivity contribution < 1.29 is 22.0 Å². The third-order valence-electron chi connectivity index (χ3n) is 8.42. The number of fused-ring (bicyclic) bond motifs is 1. The molecule has 0 aliphatic carbocycles. The third kappa shape index (κ3) is 7.69. The van der Waals surface area contributed by atoms with E-state index in [0.29, 0.717) is 29.3 Å². The Balaban J connectivity index is 0.00000230.